The highest BCUT2D eigenvalue weighted by Crippen LogP contribution is 2.45. The molecule has 2 rings (SSSR count). The Balaban J connectivity index is 2.07. The van der Waals surface area contributed by atoms with Gasteiger partial charge in [-0.15, -0.1) is 0 Å². The molecule has 0 aliphatic heterocycles. The zero-order valence-corrected chi connectivity index (χ0v) is 12.7. The highest BCUT2D eigenvalue weighted by atomic mass is 16.2. The average Bonchev–Trinajstić information content (AvgIpc) is 2.25. The molecule has 4 heteroatoms. The summed E-state index contributed by atoms with van der Waals surface area (Å²) in [5.74, 6) is -0.111. The van der Waals surface area contributed by atoms with E-state index in [1.54, 1.807) is 6.07 Å². The van der Waals surface area contributed by atoms with Gasteiger partial charge in [0, 0.05) is 18.3 Å². The second-order valence-electron chi connectivity index (χ2n) is 7.53. The summed E-state index contributed by atoms with van der Waals surface area (Å²) in [6.45, 7) is 9.03. The highest BCUT2D eigenvalue weighted by molar-refractivity contribution is 5.94. The van der Waals surface area contributed by atoms with Gasteiger partial charge >= 0.3 is 0 Å². The van der Waals surface area contributed by atoms with Gasteiger partial charge in [-0.2, -0.15) is 0 Å². The molecular weight excluding hydrogens is 252 g/mol. The van der Waals surface area contributed by atoms with Crippen molar-refractivity contribution in [1.82, 2.24) is 10.3 Å². The zero-order valence-electron chi connectivity index (χ0n) is 12.7. The van der Waals surface area contributed by atoms with Crippen molar-refractivity contribution in [2.75, 3.05) is 0 Å². The van der Waals surface area contributed by atoms with Gasteiger partial charge in [0.15, 0.2) is 0 Å². The van der Waals surface area contributed by atoms with E-state index in [2.05, 4.69) is 38.0 Å². The molecule has 1 fully saturated rings. The Labute approximate surface area is 120 Å². The SMILES string of the molecule is CC1(C)CC(NC(=O)c2ccc(=O)[nH]c2)CC(C)(C)C1. The molecule has 110 valence electrons. The Bertz CT molecular complexity index is 521. The number of carbonyl (C=O) groups excluding carboxylic acids is 1. The van der Waals surface area contributed by atoms with E-state index in [4.69, 9.17) is 0 Å². The van der Waals surface area contributed by atoms with Crippen LogP contribution in [0.15, 0.2) is 23.1 Å². The van der Waals surface area contributed by atoms with Crippen molar-refractivity contribution in [3.8, 4) is 0 Å². The van der Waals surface area contributed by atoms with E-state index in [1.165, 1.54) is 18.7 Å². The predicted octanol–water partition coefficient (Wildman–Crippen LogP) is 2.71. The van der Waals surface area contributed by atoms with E-state index in [9.17, 15) is 9.59 Å². The van der Waals surface area contributed by atoms with Crippen LogP contribution in [0.4, 0.5) is 0 Å². The summed E-state index contributed by atoms with van der Waals surface area (Å²) in [5.41, 5.74) is 0.794. The summed E-state index contributed by atoms with van der Waals surface area (Å²) in [5, 5.41) is 3.10. The fraction of sp³-hybridized carbons (Fsp3) is 0.625. The lowest BCUT2D eigenvalue weighted by atomic mass is 9.63. The Morgan fingerprint density at radius 2 is 1.80 bits per heavy atom. The molecule has 2 N–H and O–H groups in total. The number of rotatable bonds is 2. The lowest BCUT2D eigenvalue weighted by molar-refractivity contribution is 0.0713. The third-order valence-corrected chi connectivity index (χ3v) is 3.94. The first-order valence-electron chi connectivity index (χ1n) is 7.17. The maximum atomic E-state index is 12.2. The van der Waals surface area contributed by atoms with E-state index < -0.39 is 0 Å². The number of carbonyl (C=O) groups is 1. The van der Waals surface area contributed by atoms with Crippen molar-refractivity contribution in [3.05, 3.63) is 34.2 Å². The van der Waals surface area contributed by atoms with Crippen molar-refractivity contribution in [3.63, 3.8) is 0 Å². The maximum absolute atomic E-state index is 12.2. The van der Waals surface area contributed by atoms with Gasteiger partial charge in [-0.1, -0.05) is 27.7 Å². The zero-order chi connectivity index (χ0) is 15.0. The van der Waals surface area contributed by atoms with Crippen LogP contribution in [0.5, 0.6) is 0 Å². The van der Waals surface area contributed by atoms with Gasteiger partial charge in [-0.05, 0) is 36.2 Å². The molecule has 4 nitrogen and oxygen atoms in total. The van der Waals surface area contributed by atoms with E-state index in [1.807, 2.05) is 0 Å². The highest BCUT2D eigenvalue weighted by Gasteiger charge is 2.38. The lowest BCUT2D eigenvalue weighted by Gasteiger charge is -2.45. The summed E-state index contributed by atoms with van der Waals surface area (Å²) in [6.07, 6.45) is 4.62. The van der Waals surface area contributed by atoms with Gasteiger partial charge < -0.3 is 10.3 Å². The Hall–Kier alpha value is -1.58. The molecule has 0 unspecified atom stereocenters. The van der Waals surface area contributed by atoms with Crippen LogP contribution >= 0.6 is 0 Å². The second-order valence-corrected chi connectivity index (χ2v) is 7.53. The molecule has 0 bridgehead atoms. The first-order chi connectivity index (χ1) is 9.17. The minimum absolute atomic E-state index is 0.111. The van der Waals surface area contributed by atoms with Crippen LogP contribution in [0, 0.1) is 10.8 Å². The molecule has 20 heavy (non-hydrogen) atoms. The topological polar surface area (TPSA) is 62.0 Å². The summed E-state index contributed by atoms with van der Waals surface area (Å²) in [7, 11) is 0. The molecule has 1 amide bonds. The number of H-pyrrole nitrogens is 1. The third-order valence-electron chi connectivity index (χ3n) is 3.94. The van der Waals surface area contributed by atoms with Gasteiger partial charge in [0.2, 0.25) is 5.56 Å². The number of nitrogens with one attached hydrogen (secondary N) is 2. The molecule has 0 radical (unpaired) electrons. The van der Waals surface area contributed by atoms with Gasteiger partial charge in [0.1, 0.15) is 0 Å². The minimum atomic E-state index is -0.193. The Morgan fingerprint density at radius 1 is 1.20 bits per heavy atom. The Kier molecular flexibility index (Phi) is 3.76. The molecule has 0 atom stereocenters. The summed E-state index contributed by atoms with van der Waals surface area (Å²) in [6, 6.07) is 3.13. The molecule has 0 spiro atoms. The molecule has 1 aliphatic carbocycles. The molecule has 1 saturated carbocycles. The van der Waals surface area contributed by atoms with Crippen LogP contribution < -0.4 is 10.9 Å². The van der Waals surface area contributed by atoms with Crippen LogP contribution in [0.2, 0.25) is 0 Å². The van der Waals surface area contributed by atoms with Crippen LogP contribution in [0.3, 0.4) is 0 Å². The summed E-state index contributed by atoms with van der Waals surface area (Å²) in [4.78, 5) is 25.8. The average molecular weight is 276 g/mol. The quantitative estimate of drug-likeness (QED) is 0.872. The molecule has 0 saturated heterocycles. The smallest absolute Gasteiger partial charge is 0.252 e. The second kappa shape index (κ2) is 5.08. The Morgan fingerprint density at radius 3 is 2.30 bits per heavy atom. The van der Waals surface area contributed by atoms with E-state index in [-0.39, 0.29) is 28.3 Å². The molecule has 1 heterocycles. The number of hydrogen-bond donors (Lipinski definition) is 2. The van der Waals surface area contributed by atoms with Gasteiger partial charge in [-0.25, -0.2) is 0 Å². The van der Waals surface area contributed by atoms with E-state index in [0.717, 1.165) is 12.8 Å². The fourth-order valence-corrected chi connectivity index (χ4v) is 3.77. The first-order valence-corrected chi connectivity index (χ1v) is 7.17. The largest absolute Gasteiger partial charge is 0.349 e. The number of aromatic amines is 1. The lowest BCUT2D eigenvalue weighted by Crippen LogP contribution is -2.46. The van der Waals surface area contributed by atoms with Crippen LogP contribution in [0.1, 0.15) is 57.3 Å². The van der Waals surface area contributed by atoms with E-state index in [0.29, 0.717) is 5.56 Å². The normalized spacial score (nSPS) is 21.4. The van der Waals surface area contributed by atoms with E-state index >= 15 is 0 Å². The molecule has 0 aromatic carbocycles. The van der Waals surface area contributed by atoms with Gasteiger partial charge in [-0.3, -0.25) is 9.59 Å². The standard InChI is InChI=1S/C16H24N2O2/c1-15(2)7-12(8-16(3,4)10-15)18-14(20)11-5-6-13(19)17-9-11/h5-6,9,12H,7-8,10H2,1-4H3,(H,17,19)(H,18,20). The van der Waals surface area contributed by atoms with Gasteiger partial charge in [0.25, 0.3) is 5.91 Å². The number of aromatic nitrogens is 1. The first kappa shape index (κ1) is 14.8. The third kappa shape index (κ3) is 3.71. The molecular formula is C16H24N2O2. The van der Waals surface area contributed by atoms with Crippen LogP contribution in [-0.2, 0) is 0 Å². The number of pyridine rings is 1. The van der Waals surface area contributed by atoms with Crippen LogP contribution in [-0.4, -0.2) is 16.9 Å². The molecule has 1 aromatic rings. The van der Waals surface area contributed by atoms with Crippen LogP contribution in [0.25, 0.3) is 0 Å². The predicted molar refractivity (Wildman–Crippen MR) is 79.7 cm³/mol. The minimum Gasteiger partial charge on any atom is -0.349 e. The van der Waals surface area contributed by atoms with Crippen molar-refractivity contribution < 1.29 is 4.79 Å². The summed E-state index contributed by atoms with van der Waals surface area (Å²) >= 11 is 0. The number of hydrogen-bond acceptors (Lipinski definition) is 2. The molecule has 1 aromatic heterocycles. The van der Waals surface area contributed by atoms with Crippen molar-refractivity contribution in [1.29, 1.82) is 0 Å². The summed E-state index contributed by atoms with van der Waals surface area (Å²) < 4.78 is 0. The monoisotopic (exact) mass is 276 g/mol. The van der Waals surface area contributed by atoms with Crippen molar-refractivity contribution >= 4 is 5.91 Å². The van der Waals surface area contributed by atoms with Gasteiger partial charge in [0.05, 0.1) is 5.56 Å². The number of amides is 1. The maximum Gasteiger partial charge on any atom is 0.252 e. The van der Waals surface area contributed by atoms with Crippen molar-refractivity contribution in [2.24, 2.45) is 10.8 Å². The van der Waals surface area contributed by atoms with Crippen molar-refractivity contribution in [2.45, 2.75) is 53.0 Å². The fourth-order valence-electron chi connectivity index (χ4n) is 3.77. The molecule has 1 aliphatic rings.